The Bertz CT molecular complexity index is 1230. The van der Waals surface area contributed by atoms with Crippen molar-refractivity contribution in [1.29, 1.82) is 0 Å². The monoisotopic (exact) mass is 481 g/mol. The molecule has 0 bridgehead atoms. The van der Waals surface area contributed by atoms with Crippen molar-refractivity contribution in [3.05, 3.63) is 101 Å². The fraction of sp³-hybridized carbons (Fsp3) is 0.167. The molecule has 0 aliphatic carbocycles. The second-order valence-corrected chi connectivity index (χ2v) is 9.09. The fourth-order valence-electron chi connectivity index (χ4n) is 2.84. The molecule has 0 fully saturated rings. The zero-order chi connectivity index (χ0) is 24.4. The Morgan fingerprint density at radius 2 is 1.47 bits per heavy atom. The molecule has 2 amide bonds. The number of nitrogens with zero attached hydrogens (tertiary/aromatic N) is 1. The Morgan fingerprint density at radius 3 is 2.09 bits per heavy atom. The van der Waals surface area contributed by atoms with E-state index >= 15 is 0 Å². The lowest BCUT2D eigenvalue weighted by atomic mass is 10.2. The van der Waals surface area contributed by atoms with E-state index in [4.69, 9.17) is 4.74 Å². The molecule has 0 saturated heterocycles. The maximum atomic E-state index is 12.3. The Hall–Kier alpha value is -4.05. The lowest BCUT2D eigenvalue weighted by molar-refractivity contribution is -0.143. The Labute approximate surface area is 197 Å². The van der Waals surface area contributed by atoms with E-state index in [1.807, 2.05) is 41.1 Å². The number of benzene rings is 2. The van der Waals surface area contributed by atoms with Crippen LogP contribution in [0.25, 0.3) is 0 Å². The summed E-state index contributed by atoms with van der Waals surface area (Å²) in [5.74, 6) is -2.36. The summed E-state index contributed by atoms with van der Waals surface area (Å²) >= 11 is 0. The fourth-order valence-corrected chi connectivity index (χ4v) is 3.85. The largest absolute Gasteiger partial charge is 0.460 e. The second kappa shape index (κ2) is 11.7. The van der Waals surface area contributed by atoms with Crippen LogP contribution in [-0.4, -0.2) is 43.5 Å². The van der Waals surface area contributed by atoms with Crippen LogP contribution in [0.4, 0.5) is 0 Å². The molecule has 0 atom stereocenters. The van der Waals surface area contributed by atoms with Gasteiger partial charge in [-0.2, -0.15) is 0 Å². The van der Waals surface area contributed by atoms with Crippen LogP contribution in [-0.2, 0) is 32.6 Å². The number of carbonyl (C=O) groups is 3. The van der Waals surface area contributed by atoms with Crippen molar-refractivity contribution < 1.29 is 27.5 Å². The first-order valence-electron chi connectivity index (χ1n) is 10.3. The summed E-state index contributed by atoms with van der Waals surface area (Å²) in [6.07, 6.45) is 1.35. The molecule has 1 heterocycles. The number of rotatable bonds is 10. The maximum absolute atomic E-state index is 12.3. The van der Waals surface area contributed by atoms with E-state index in [0.717, 1.165) is 17.3 Å². The molecular weight excluding hydrogens is 458 g/mol. The van der Waals surface area contributed by atoms with Crippen molar-refractivity contribution in [2.75, 3.05) is 12.3 Å². The van der Waals surface area contributed by atoms with Crippen molar-refractivity contribution in [3.63, 3.8) is 0 Å². The van der Waals surface area contributed by atoms with E-state index in [9.17, 15) is 22.8 Å². The van der Waals surface area contributed by atoms with Gasteiger partial charge in [-0.1, -0.05) is 60.7 Å². The maximum Gasteiger partial charge on any atom is 0.325 e. The van der Waals surface area contributed by atoms with Gasteiger partial charge in [-0.3, -0.25) is 19.4 Å². The molecule has 0 aliphatic rings. The molecule has 2 aromatic carbocycles. The number of hydrogen-bond acceptors (Lipinski definition) is 7. The summed E-state index contributed by atoms with van der Waals surface area (Å²) in [4.78, 5) is 40.1. The number of aromatic nitrogens is 1. The van der Waals surface area contributed by atoms with Crippen LogP contribution < -0.4 is 10.0 Å². The highest BCUT2D eigenvalue weighted by molar-refractivity contribution is 7.90. The summed E-state index contributed by atoms with van der Waals surface area (Å²) in [6.45, 7) is -0.263. The lowest BCUT2D eigenvalue weighted by Gasteiger charge is -2.08. The van der Waals surface area contributed by atoms with Crippen molar-refractivity contribution in [1.82, 2.24) is 15.0 Å². The number of hydrogen-bond donors (Lipinski definition) is 2. The highest BCUT2D eigenvalue weighted by Crippen LogP contribution is 2.05. The van der Waals surface area contributed by atoms with Crippen LogP contribution in [0.5, 0.6) is 0 Å². The highest BCUT2D eigenvalue weighted by Gasteiger charge is 2.17. The molecule has 3 aromatic rings. The number of esters is 1. The van der Waals surface area contributed by atoms with E-state index in [-0.39, 0.29) is 36.6 Å². The van der Waals surface area contributed by atoms with Crippen molar-refractivity contribution in [2.24, 2.45) is 0 Å². The number of aryl methyl sites for hydroxylation is 1. The van der Waals surface area contributed by atoms with Crippen molar-refractivity contribution >= 4 is 27.8 Å². The zero-order valence-corrected chi connectivity index (χ0v) is 19.0. The second-order valence-electron chi connectivity index (χ2n) is 7.25. The number of carbonyl (C=O) groups excluding carboxylic acids is 3. The quantitative estimate of drug-likeness (QED) is 0.423. The van der Waals surface area contributed by atoms with Gasteiger partial charge in [-0.25, -0.2) is 13.1 Å². The van der Waals surface area contributed by atoms with Gasteiger partial charge in [-0.15, -0.1) is 0 Å². The third kappa shape index (κ3) is 7.82. The molecule has 2 N–H and O–H groups in total. The van der Waals surface area contributed by atoms with E-state index in [1.54, 1.807) is 24.3 Å². The SMILES string of the molecule is O=C(CNC(=O)c1ccc(C(=O)NS(=O)(=O)CCc2ccccc2)cn1)OCc1ccccc1. The minimum Gasteiger partial charge on any atom is -0.460 e. The van der Waals surface area contributed by atoms with Crippen molar-refractivity contribution in [3.8, 4) is 0 Å². The summed E-state index contributed by atoms with van der Waals surface area (Å²) in [5.41, 5.74) is 1.59. The molecule has 0 aliphatic heterocycles. The van der Waals surface area contributed by atoms with E-state index in [1.165, 1.54) is 12.1 Å². The third-order valence-electron chi connectivity index (χ3n) is 4.64. The molecule has 0 radical (unpaired) electrons. The first-order valence-corrected chi connectivity index (χ1v) is 12.0. The van der Waals surface area contributed by atoms with Gasteiger partial charge >= 0.3 is 5.97 Å². The Morgan fingerprint density at radius 1 is 0.824 bits per heavy atom. The van der Waals surface area contributed by atoms with Crippen LogP contribution in [0, 0.1) is 0 Å². The predicted molar refractivity (Wildman–Crippen MR) is 124 cm³/mol. The molecule has 10 heteroatoms. The molecule has 0 saturated carbocycles. The molecule has 176 valence electrons. The van der Waals surface area contributed by atoms with E-state index < -0.39 is 27.8 Å². The van der Waals surface area contributed by atoms with Gasteiger partial charge in [-0.05, 0) is 29.7 Å². The first kappa shape index (κ1) is 24.6. The Kier molecular flexibility index (Phi) is 8.47. The summed E-state index contributed by atoms with van der Waals surface area (Å²) in [5, 5.41) is 2.38. The van der Waals surface area contributed by atoms with Gasteiger partial charge in [0.1, 0.15) is 18.8 Å². The van der Waals surface area contributed by atoms with Gasteiger partial charge in [0, 0.05) is 6.20 Å². The molecule has 34 heavy (non-hydrogen) atoms. The number of pyridine rings is 1. The molecular formula is C24H23N3O6S. The molecule has 9 nitrogen and oxygen atoms in total. The van der Waals surface area contributed by atoms with Gasteiger partial charge in [0.25, 0.3) is 11.8 Å². The highest BCUT2D eigenvalue weighted by atomic mass is 32.2. The van der Waals surface area contributed by atoms with Crippen LogP contribution in [0.15, 0.2) is 79.0 Å². The van der Waals surface area contributed by atoms with Crippen LogP contribution in [0.2, 0.25) is 0 Å². The average molecular weight is 482 g/mol. The molecule has 0 spiro atoms. The molecule has 0 unspecified atom stereocenters. The smallest absolute Gasteiger partial charge is 0.325 e. The number of amides is 2. The summed E-state index contributed by atoms with van der Waals surface area (Å²) < 4.78 is 31.5. The van der Waals surface area contributed by atoms with Crippen LogP contribution in [0.3, 0.4) is 0 Å². The van der Waals surface area contributed by atoms with Gasteiger partial charge in [0.2, 0.25) is 10.0 Å². The van der Waals surface area contributed by atoms with E-state index in [0.29, 0.717) is 0 Å². The normalized spacial score (nSPS) is 10.8. The van der Waals surface area contributed by atoms with Gasteiger partial charge in [0.05, 0.1) is 11.3 Å². The van der Waals surface area contributed by atoms with E-state index in [2.05, 4.69) is 10.3 Å². The topological polar surface area (TPSA) is 132 Å². The third-order valence-corrected chi connectivity index (χ3v) is 5.88. The Balaban J connectivity index is 1.46. The zero-order valence-electron chi connectivity index (χ0n) is 18.1. The minimum atomic E-state index is -3.86. The summed E-state index contributed by atoms with van der Waals surface area (Å²) in [7, 11) is -3.86. The number of sulfonamides is 1. The molecule has 1 aromatic heterocycles. The summed E-state index contributed by atoms with van der Waals surface area (Å²) in [6, 6.07) is 20.7. The van der Waals surface area contributed by atoms with Crippen molar-refractivity contribution in [2.45, 2.75) is 13.0 Å². The van der Waals surface area contributed by atoms with Crippen LogP contribution in [0.1, 0.15) is 32.0 Å². The lowest BCUT2D eigenvalue weighted by Crippen LogP contribution is -2.33. The average Bonchev–Trinajstić information content (AvgIpc) is 2.86. The number of nitrogens with one attached hydrogen (secondary N) is 2. The standard InChI is InChI=1S/C24H23N3O6S/c28-22(33-17-19-9-5-2-6-10-19)16-26-24(30)21-12-11-20(15-25-21)23(29)27-34(31,32)14-13-18-7-3-1-4-8-18/h1-12,15H,13-14,16-17H2,(H,26,30)(H,27,29). The molecule has 3 rings (SSSR count). The number of ether oxygens (including phenoxy) is 1. The first-order chi connectivity index (χ1) is 16.3. The van der Waals surface area contributed by atoms with Crippen LogP contribution >= 0.6 is 0 Å². The predicted octanol–water partition coefficient (Wildman–Crippen LogP) is 1.86. The minimum absolute atomic E-state index is 0.0258. The van der Waals surface area contributed by atoms with Gasteiger partial charge < -0.3 is 10.1 Å². The van der Waals surface area contributed by atoms with Gasteiger partial charge in [0.15, 0.2) is 0 Å².